The summed E-state index contributed by atoms with van der Waals surface area (Å²) in [5, 5.41) is 12.8. The minimum Gasteiger partial charge on any atom is -0.392 e. The van der Waals surface area contributed by atoms with Gasteiger partial charge in [-0.1, -0.05) is 20.3 Å². The monoisotopic (exact) mass is 293 g/mol. The lowest BCUT2D eigenvalue weighted by Crippen LogP contribution is -2.61. The molecule has 0 aromatic carbocycles. The number of amides is 1. The van der Waals surface area contributed by atoms with Crippen LogP contribution in [0.4, 0.5) is 0 Å². The first kappa shape index (κ1) is 14.1. The molecular formula is C16H23NO2S. The van der Waals surface area contributed by atoms with Crippen LogP contribution in [0.1, 0.15) is 59.6 Å². The van der Waals surface area contributed by atoms with Crippen LogP contribution in [0.2, 0.25) is 0 Å². The Morgan fingerprint density at radius 2 is 2.10 bits per heavy atom. The van der Waals surface area contributed by atoms with Crippen LogP contribution in [0, 0.1) is 5.41 Å². The van der Waals surface area contributed by atoms with E-state index < -0.39 is 0 Å². The number of thiophene rings is 1. The minimum absolute atomic E-state index is 0.0352. The molecule has 3 nitrogen and oxygen atoms in total. The fourth-order valence-electron chi connectivity index (χ4n) is 3.16. The first-order chi connectivity index (χ1) is 9.48. The largest absolute Gasteiger partial charge is 0.392 e. The Morgan fingerprint density at radius 3 is 2.80 bits per heavy atom. The molecule has 1 fully saturated rings. The van der Waals surface area contributed by atoms with E-state index in [4.69, 9.17) is 0 Å². The van der Waals surface area contributed by atoms with Gasteiger partial charge >= 0.3 is 0 Å². The van der Waals surface area contributed by atoms with Crippen molar-refractivity contribution in [1.82, 2.24) is 5.32 Å². The maximum absolute atomic E-state index is 12.4. The Hall–Kier alpha value is -0.870. The highest BCUT2D eigenvalue weighted by Crippen LogP contribution is 2.40. The van der Waals surface area contributed by atoms with Gasteiger partial charge in [-0.2, -0.15) is 0 Å². The third kappa shape index (κ3) is 2.40. The van der Waals surface area contributed by atoms with E-state index >= 15 is 0 Å². The average Bonchev–Trinajstić information content (AvgIpc) is 2.70. The summed E-state index contributed by atoms with van der Waals surface area (Å²) >= 11 is 1.66. The summed E-state index contributed by atoms with van der Waals surface area (Å²) in [5.74, 6) is 0.0352. The third-order valence-corrected chi connectivity index (χ3v) is 6.23. The standard InChI is InChI=1S/C16H23NO2S/c1-16(2)13(9-14(16)18)17-15(19)12-8-10-6-4-3-5-7-11(10)20-12/h8,13-14,18H,3-7,9H2,1-2H3,(H,17,19). The van der Waals surface area contributed by atoms with Crippen LogP contribution in [0.5, 0.6) is 0 Å². The molecule has 1 amide bonds. The molecule has 110 valence electrons. The topological polar surface area (TPSA) is 49.3 Å². The van der Waals surface area contributed by atoms with Crippen molar-refractivity contribution in [3.05, 3.63) is 21.4 Å². The molecule has 0 aliphatic heterocycles. The zero-order valence-electron chi connectivity index (χ0n) is 12.2. The number of rotatable bonds is 2. The van der Waals surface area contributed by atoms with Gasteiger partial charge in [0.25, 0.3) is 5.91 Å². The number of fused-ring (bicyclic) bond motifs is 1. The number of nitrogens with one attached hydrogen (secondary N) is 1. The summed E-state index contributed by atoms with van der Waals surface area (Å²) in [6.07, 6.45) is 6.41. The van der Waals surface area contributed by atoms with Gasteiger partial charge in [0.2, 0.25) is 0 Å². The summed E-state index contributed by atoms with van der Waals surface area (Å²) in [6.45, 7) is 4.02. The summed E-state index contributed by atoms with van der Waals surface area (Å²) in [6, 6.07) is 2.18. The Morgan fingerprint density at radius 1 is 1.35 bits per heavy atom. The van der Waals surface area contributed by atoms with Crippen molar-refractivity contribution in [3.63, 3.8) is 0 Å². The molecule has 0 radical (unpaired) electrons. The Labute approximate surface area is 124 Å². The van der Waals surface area contributed by atoms with Crippen molar-refractivity contribution in [1.29, 1.82) is 0 Å². The van der Waals surface area contributed by atoms with E-state index in [9.17, 15) is 9.90 Å². The quantitative estimate of drug-likeness (QED) is 0.824. The fourth-order valence-corrected chi connectivity index (χ4v) is 4.31. The van der Waals surface area contributed by atoms with Crippen LogP contribution in [-0.4, -0.2) is 23.2 Å². The number of aliphatic hydroxyl groups is 1. The molecule has 2 N–H and O–H groups in total. The van der Waals surface area contributed by atoms with E-state index in [-0.39, 0.29) is 23.5 Å². The van der Waals surface area contributed by atoms with Gasteiger partial charge in [0.1, 0.15) is 0 Å². The number of hydrogen-bond donors (Lipinski definition) is 2. The number of hydrogen-bond acceptors (Lipinski definition) is 3. The number of aryl methyl sites for hydroxylation is 2. The molecule has 4 heteroatoms. The maximum atomic E-state index is 12.4. The average molecular weight is 293 g/mol. The molecule has 0 bridgehead atoms. The van der Waals surface area contributed by atoms with Gasteiger partial charge in [0, 0.05) is 16.3 Å². The second-order valence-corrected chi connectivity index (χ2v) is 7.86. The lowest BCUT2D eigenvalue weighted by Gasteiger charge is -2.49. The highest BCUT2D eigenvalue weighted by atomic mass is 32.1. The molecule has 2 aliphatic rings. The predicted molar refractivity (Wildman–Crippen MR) is 81.2 cm³/mol. The van der Waals surface area contributed by atoms with E-state index in [2.05, 4.69) is 11.4 Å². The van der Waals surface area contributed by atoms with E-state index in [1.807, 2.05) is 13.8 Å². The second-order valence-electron chi connectivity index (χ2n) is 6.72. The lowest BCUT2D eigenvalue weighted by atomic mass is 9.64. The Balaban J connectivity index is 1.69. The SMILES string of the molecule is CC1(C)C(O)CC1NC(=O)c1cc2c(s1)CCCCC2. The molecule has 2 unspecified atom stereocenters. The van der Waals surface area contributed by atoms with Crippen molar-refractivity contribution in [2.45, 2.75) is 64.5 Å². The molecule has 0 spiro atoms. The van der Waals surface area contributed by atoms with Gasteiger partial charge in [-0.05, 0) is 43.7 Å². The first-order valence-electron chi connectivity index (χ1n) is 7.59. The van der Waals surface area contributed by atoms with Crippen LogP contribution in [0.3, 0.4) is 0 Å². The Kier molecular flexibility index (Phi) is 3.63. The van der Waals surface area contributed by atoms with Crippen molar-refractivity contribution < 1.29 is 9.90 Å². The molecule has 2 atom stereocenters. The smallest absolute Gasteiger partial charge is 0.261 e. The van der Waals surface area contributed by atoms with E-state index in [1.54, 1.807) is 11.3 Å². The van der Waals surface area contributed by atoms with Gasteiger partial charge in [0.15, 0.2) is 0 Å². The molecule has 0 saturated heterocycles. The summed E-state index contributed by atoms with van der Waals surface area (Å²) in [7, 11) is 0. The predicted octanol–water partition coefficient (Wildman–Crippen LogP) is 2.91. The van der Waals surface area contributed by atoms with Crippen molar-refractivity contribution in [2.75, 3.05) is 0 Å². The minimum atomic E-state index is -0.298. The van der Waals surface area contributed by atoms with Gasteiger partial charge < -0.3 is 10.4 Å². The molecule has 1 aromatic rings. The van der Waals surface area contributed by atoms with Crippen LogP contribution >= 0.6 is 11.3 Å². The van der Waals surface area contributed by atoms with E-state index in [1.165, 1.54) is 29.7 Å². The Bertz CT molecular complexity index is 497. The summed E-state index contributed by atoms with van der Waals surface area (Å²) < 4.78 is 0. The highest BCUT2D eigenvalue weighted by molar-refractivity contribution is 7.14. The molecule has 3 rings (SSSR count). The summed E-state index contributed by atoms with van der Waals surface area (Å²) in [4.78, 5) is 14.6. The molecule has 2 aliphatic carbocycles. The fraction of sp³-hybridized carbons (Fsp3) is 0.688. The van der Waals surface area contributed by atoms with E-state index in [0.29, 0.717) is 6.42 Å². The van der Waals surface area contributed by atoms with E-state index in [0.717, 1.165) is 17.7 Å². The van der Waals surface area contributed by atoms with Crippen LogP contribution < -0.4 is 5.32 Å². The van der Waals surface area contributed by atoms with Crippen molar-refractivity contribution in [3.8, 4) is 0 Å². The molecule has 1 saturated carbocycles. The maximum Gasteiger partial charge on any atom is 0.261 e. The zero-order valence-corrected chi connectivity index (χ0v) is 13.1. The van der Waals surface area contributed by atoms with Crippen LogP contribution in [0.25, 0.3) is 0 Å². The summed E-state index contributed by atoms with van der Waals surface area (Å²) in [5.41, 5.74) is 1.18. The third-order valence-electron chi connectivity index (χ3n) is 4.99. The number of carbonyl (C=O) groups excluding carboxylic acids is 1. The van der Waals surface area contributed by atoms with Gasteiger partial charge in [-0.15, -0.1) is 11.3 Å². The first-order valence-corrected chi connectivity index (χ1v) is 8.40. The molecule has 1 heterocycles. The van der Waals surface area contributed by atoms with Crippen LogP contribution in [-0.2, 0) is 12.8 Å². The van der Waals surface area contributed by atoms with Gasteiger partial charge in [-0.25, -0.2) is 0 Å². The van der Waals surface area contributed by atoms with Crippen LogP contribution in [0.15, 0.2) is 6.07 Å². The van der Waals surface area contributed by atoms with Crippen molar-refractivity contribution >= 4 is 17.2 Å². The normalized spacial score (nSPS) is 28.1. The highest BCUT2D eigenvalue weighted by Gasteiger charge is 2.48. The lowest BCUT2D eigenvalue weighted by molar-refractivity contribution is -0.0689. The number of aliphatic hydroxyl groups excluding tert-OH is 1. The second kappa shape index (κ2) is 5.15. The molecule has 1 aromatic heterocycles. The van der Waals surface area contributed by atoms with Gasteiger partial charge in [0.05, 0.1) is 11.0 Å². The van der Waals surface area contributed by atoms with Crippen molar-refractivity contribution in [2.24, 2.45) is 5.41 Å². The molecular weight excluding hydrogens is 270 g/mol. The number of carbonyl (C=O) groups is 1. The van der Waals surface area contributed by atoms with Gasteiger partial charge in [-0.3, -0.25) is 4.79 Å². The molecule has 20 heavy (non-hydrogen) atoms. The zero-order chi connectivity index (χ0) is 14.3.